The number of hydrogen-bond acceptors (Lipinski definition) is 6. The summed E-state index contributed by atoms with van der Waals surface area (Å²) in [6.45, 7) is 0. The van der Waals surface area contributed by atoms with E-state index >= 15 is 0 Å². The molecule has 1 amide bonds. The second kappa shape index (κ2) is 9.83. The molecule has 5 nitrogen and oxygen atoms in total. The summed E-state index contributed by atoms with van der Waals surface area (Å²) in [5, 5.41) is 2.00. The number of anilines is 1. The van der Waals surface area contributed by atoms with Gasteiger partial charge in [-0.15, -0.1) is 0 Å². The van der Waals surface area contributed by atoms with E-state index in [0.717, 1.165) is 28.7 Å². The lowest BCUT2D eigenvalue weighted by Gasteiger charge is -2.15. The van der Waals surface area contributed by atoms with Crippen LogP contribution in [0.25, 0.3) is 16.8 Å². The molecule has 1 aliphatic heterocycles. The standard InChI is InChI=1S/C24H11BrCl2FN3O2S2/c25-16-7-6-13(9-17(16)26)31-22(32)20(35-24(31)34)10-15-14-4-2-1-3-12(14)5-8-19(15)33-21-18(28)11-29-23(27)30-21/h1-11H/b20-10+. The molecular weight excluding hydrogens is 596 g/mol. The first-order valence-electron chi connectivity index (χ1n) is 9.92. The summed E-state index contributed by atoms with van der Waals surface area (Å²) >= 11 is 22.0. The van der Waals surface area contributed by atoms with Crippen LogP contribution in [-0.4, -0.2) is 20.2 Å². The SMILES string of the molecule is O=C1/C(=C\c2c(Oc3nc(Cl)ncc3F)ccc3ccccc23)SC(=S)N1c1ccc(Br)c(Cl)c1. The van der Waals surface area contributed by atoms with Gasteiger partial charge in [0, 0.05) is 10.0 Å². The van der Waals surface area contributed by atoms with Crippen LogP contribution in [0.5, 0.6) is 11.6 Å². The Kier molecular flexibility index (Phi) is 6.78. The lowest BCUT2D eigenvalue weighted by molar-refractivity contribution is -0.113. The minimum atomic E-state index is -0.771. The Bertz CT molecular complexity index is 1570. The molecule has 0 radical (unpaired) electrons. The van der Waals surface area contributed by atoms with Gasteiger partial charge in [0.15, 0.2) is 4.32 Å². The Balaban J connectivity index is 1.60. The highest BCUT2D eigenvalue weighted by molar-refractivity contribution is 9.10. The van der Waals surface area contributed by atoms with Crippen molar-refractivity contribution in [3.8, 4) is 11.6 Å². The van der Waals surface area contributed by atoms with Crippen molar-refractivity contribution in [1.29, 1.82) is 0 Å². The van der Waals surface area contributed by atoms with Crippen LogP contribution in [0, 0.1) is 5.82 Å². The molecule has 1 fully saturated rings. The van der Waals surface area contributed by atoms with Gasteiger partial charge in [-0.3, -0.25) is 9.69 Å². The van der Waals surface area contributed by atoms with Crippen LogP contribution in [0.3, 0.4) is 0 Å². The molecule has 0 spiro atoms. The molecule has 0 bridgehead atoms. The van der Waals surface area contributed by atoms with E-state index in [1.807, 2.05) is 30.3 Å². The smallest absolute Gasteiger partial charge is 0.270 e. The van der Waals surface area contributed by atoms with Gasteiger partial charge in [0.2, 0.25) is 11.1 Å². The van der Waals surface area contributed by atoms with Crippen LogP contribution >= 0.6 is 63.1 Å². The summed E-state index contributed by atoms with van der Waals surface area (Å²) in [4.78, 5) is 22.6. The second-order valence-electron chi connectivity index (χ2n) is 7.21. The number of fused-ring (bicyclic) bond motifs is 1. The minimum absolute atomic E-state index is 0.155. The number of thioether (sulfide) groups is 1. The molecule has 2 heterocycles. The maximum Gasteiger partial charge on any atom is 0.270 e. The Hall–Kier alpha value is -2.56. The van der Waals surface area contributed by atoms with Crippen molar-refractivity contribution in [3.63, 3.8) is 0 Å². The molecule has 3 aromatic carbocycles. The molecular formula is C24H11BrCl2FN3O2S2. The fourth-order valence-corrected chi connectivity index (χ4v) is 5.29. The minimum Gasteiger partial charge on any atom is -0.436 e. The molecule has 1 aromatic heterocycles. The zero-order chi connectivity index (χ0) is 24.7. The highest BCUT2D eigenvalue weighted by Crippen LogP contribution is 2.41. The van der Waals surface area contributed by atoms with Gasteiger partial charge in [-0.1, -0.05) is 65.9 Å². The number of ether oxygens (including phenoxy) is 1. The van der Waals surface area contributed by atoms with Gasteiger partial charge in [-0.2, -0.15) is 9.37 Å². The summed E-state index contributed by atoms with van der Waals surface area (Å²) in [7, 11) is 0. The molecule has 0 atom stereocenters. The average molecular weight is 607 g/mol. The van der Waals surface area contributed by atoms with Crippen molar-refractivity contribution >= 4 is 95.9 Å². The number of carbonyl (C=O) groups excluding carboxylic acids is 1. The second-order valence-corrected chi connectivity index (χ2v) is 10.5. The van der Waals surface area contributed by atoms with E-state index in [2.05, 4.69) is 25.9 Å². The Morgan fingerprint density at radius 2 is 1.94 bits per heavy atom. The van der Waals surface area contributed by atoms with E-state index in [9.17, 15) is 9.18 Å². The summed E-state index contributed by atoms with van der Waals surface area (Å²) in [6.07, 6.45) is 2.61. The molecule has 1 saturated heterocycles. The quantitative estimate of drug-likeness (QED) is 0.133. The largest absolute Gasteiger partial charge is 0.436 e. The third kappa shape index (κ3) is 4.79. The van der Waals surface area contributed by atoms with Crippen molar-refractivity contribution in [2.45, 2.75) is 0 Å². The number of rotatable bonds is 4. The molecule has 11 heteroatoms. The fourth-order valence-electron chi connectivity index (χ4n) is 3.47. The highest BCUT2D eigenvalue weighted by Gasteiger charge is 2.34. The van der Waals surface area contributed by atoms with Gasteiger partial charge in [-0.25, -0.2) is 4.98 Å². The first kappa shape index (κ1) is 24.1. The van der Waals surface area contributed by atoms with Crippen LogP contribution < -0.4 is 9.64 Å². The number of hydrogen-bond donors (Lipinski definition) is 0. The number of aromatic nitrogens is 2. The maximum absolute atomic E-state index is 14.3. The van der Waals surface area contributed by atoms with Gasteiger partial charge in [-0.05, 0) is 68.6 Å². The number of nitrogens with zero attached hydrogens (tertiary/aromatic N) is 3. The number of carbonyl (C=O) groups is 1. The molecule has 1 aliphatic rings. The zero-order valence-electron chi connectivity index (χ0n) is 17.3. The maximum atomic E-state index is 14.3. The summed E-state index contributed by atoms with van der Waals surface area (Å²) in [5.41, 5.74) is 1.11. The van der Waals surface area contributed by atoms with Crippen LogP contribution in [0.4, 0.5) is 10.1 Å². The van der Waals surface area contributed by atoms with Gasteiger partial charge in [0.05, 0.1) is 21.8 Å². The molecule has 0 saturated carbocycles. The molecule has 4 aromatic rings. The molecule has 174 valence electrons. The van der Waals surface area contributed by atoms with Crippen LogP contribution in [0.15, 0.2) is 70.2 Å². The van der Waals surface area contributed by atoms with Crippen molar-refractivity contribution in [2.75, 3.05) is 4.90 Å². The Labute approximate surface area is 227 Å². The van der Waals surface area contributed by atoms with Crippen molar-refractivity contribution in [1.82, 2.24) is 9.97 Å². The van der Waals surface area contributed by atoms with Gasteiger partial charge in [0.25, 0.3) is 11.8 Å². The molecule has 0 unspecified atom stereocenters. The summed E-state index contributed by atoms with van der Waals surface area (Å²) < 4.78 is 21.2. The molecule has 0 N–H and O–H groups in total. The van der Waals surface area contributed by atoms with Gasteiger partial charge < -0.3 is 4.74 Å². The van der Waals surface area contributed by atoms with Crippen LogP contribution in [-0.2, 0) is 4.79 Å². The number of benzene rings is 3. The number of amides is 1. The van der Waals surface area contributed by atoms with E-state index in [4.69, 9.17) is 40.2 Å². The Morgan fingerprint density at radius 3 is 2.74 bits per heavy atom. The predicted molar refractivity (Wildman–Crippen MR) is 146 cm³/mol. The topological polar surface area (TPSA) is 55.3 Å². The molecule has 0 aliphatic carbocycles. The third-order valence-corrected chi connectivity index (χ3v) is 7.77. The van der Waals surface area contributed by atoms with Gasteiger partial charge >= 0.3 is 0 Å². The van der Waals surface area contributed by atoms with Crippen molar-refractivity contribution in [3.05, 3.63) is 91.9 Å². The normalized spacial score (nSPS) is 14.9. The third-order valence-electron chi connectivity index (χ3n) is 5.05. The lowest BCUT2D eigenvalue weighted by Crippen LogP contribution is -2.27. The Morgan fingerprint density at radius 1 is 1.14 bits per heavy atom. The zero-order valence-corrected chi connectivity index (χ0v) is 22.1. The van der Waals surface area contributed by atoms with E-state index in [1.165, 1.54) is 4.90 Å². The van der Waals surface area contributed by atoms with E-state index in [1.54, 1.807) is 30.3 Å². The van der Waals surface area contributed by atoms with Crippen LogP contribution in [0.2, 0.25) is 10.3 Å². The van der Waals surface area contributed by atoms with Crippen LogP contribution in [0.1, 0.15) is 5.56 Å². The first-order valence-corrected chi connectivity index (χ1v) is 12.7. The predicted octanol–water partition coefficient (Wildman–Crippen LogP) is 8.04. The number of halogens is 4. The highest BCUT2D eigenvalue weighted by atomic mass is 79.9. The molecule has 5 rings (SSSR count). The van der Waals surface area contributed by atoms with Gasteiger partial charge in [0.1, 0.15) is 5.75 Å². The fraction of sp³-hybridized carbons (Fsp3) is 0. The van der Waals surface area contributed by atoms with E-state index in [-0.39, 0.29) is 22.8 Å². The summed E-state index contributed by atoms with van der Waals surface area (Å²) in [5.74, 6) is -1.12. The first-order chi connectivity index (χ1) is 16.8. The lowest BCUT2D eigenvalue weighted by atomic mass is 10.0. The van der Waals surface area contributed by atoms with E-state index < -0.39 is 5.82 Å². The summed E-state index contributed by atoms with van der Waals surface area (Å²) in [6, 6.07) is 16.2. The van der Waals surface area contributed by atoms with Crippen molar-refractivity contribution in [2.24, 2.45) is 0 Å². The monoisotopic (exact) mass is 605 g/mol. The average Bonchev–Trinajstić information content (AvgIpc) is 3.12. The number of thiocarbonyl (C=S) groups is 1. The molecule has 35 heavy (non-hydrogen) atoms. The van der Waals surface area contributed by atoms with Crippen molar-refractivity contribution < 1.29 is 13.9 Å². The van der Waals surface area contributed by atoms with E-state index in [0.29, 0.717) is 30.0 Å².